The molecule has 0 aliphatic carbocycles. The number of hydrogen-bond donors (Lipinski definition) is 2. The molecule has 21 heavy (non-hydrogen) atoms. The van der Waals surface area contributed by atoms with Gasteiger partial charge in [0.1, 0.15) is 0 Å². The van der Waals surface area contributed by atoms with E-state index in [1.54, 1.807) is 29.2 Å². The lowest BCUT2D eigenvalue weighted by atomic mass is 10.1. The summed E-state index contributed by atoms with van der Waals surface area (Å²) in [5.74, 6) is -0.116. The third kappa shape index (κ3) is 3.67. The van der Waals surface area contributed by atoms with Crippen molar-refractivity contribution in [2.24, 2.45) is 0 Å². The highest BCUT2D eigenvalue weighted by atomic mass is 35.5. The van der Waals surface area contributed by atoms with Gasteiger partial charge in [-0.25, -0.2) is 0 Å². The van der Waals surface area contributed by atoms with Crippen LogP contribution in [0.4, 0.5) is 11.4 Å². The average molecular weight is 304 g/mol. The van der Waals surface area contributed by atoms with E-state index in [4.69, 9.17) is 23.1 Å². The van der Waals surface area contributed by atoms with Crippen LogP contribution in [0, 0.1) is 0 Å². The lowest BCUT2D eigenvalue weighted by Crippen LogP contribution is -2.30. The van der Waals surface area contributed by atoms with Crippen molar-refractivity contribution < 1.29 is 4.79 Å². The van der Waals surface area contributed by atoms with E-state index in [-0.39, 0.29) is 5.91 Å². The molecule has 110 valence electrons. The molecule has 0 unspecified atom stereocenters. The highest BCUT2D eigenvalue weighted by molar-refractivity contribution is 6.30. The number of nitrogens with zero attached hydrogens (tertiary/aromatic N) is 1. The van der Waals surface area contributed by atoms with Gasteiger partial charge < -0.3 is 16.4 Å². The summed E-state index contributed by atoms with van der Waals surface area (Å²) >= 11 is 5.97. The largest absolute Gasteiger partial charge is 0.399 e. The standard InChI is InChI=1S/C16H18ClN3O/c1-2-20(10-11-4-3-5-12(17)8-11)16(21)14-7-6-13(18)9-15(14)19/h3-9H,2,10,18-19H2,1H3. The molecule has 0 fully saturated rings. The Balaban J connectivity index is 2.22. The Hall–Kier alpha value is -2.20. The van der Waals surface area contributed by atoms with Crippen LogP contribution in [0.15, 0.2) is 42.5 Å². The molecule has 4 N–H and O–H groups in total. The maximum absolute atomic E-state index is 12.6. The van der Waals surface area contributed by atoms with Gasteiger partial charge in [0.25, 0.3) is 5.91 Å². The molecule has 0 bridgehead atoms. The molecule has 2 aromatic rings. The van der Waals surface area contributed by atoms with Crippen molar-refractivity contribution >= 4 is 28.9 Å². The smallest absolute Gasteiger partial charge is 0.256 e. The van der Waals surface area contributed by atoms with Crippen LogP contribution in [0.25, 0.3) is 0 Å². The fourth-order valence-electron chi connectivity index (χ4n) is 2.13. The van der Waals surface area contributed by atoms with Crippen LogP contribution in [0.1, 0.15) is 22.8 Å². The predicted molar refractivity (Wildman–Crippen MR) is 87.1 cm³/mol. The minimum atomic E-state index is -0.116. The minimum Gasteiger partial charge on any atom is -0.399 e. The molecule has 0 spiro atoms. The summed E-state index contributed by atoms with van der Waals surface area (Å²) in [4.78, 5) is 14.3. The number of amides is 1. The Labute approximate surface area is 129 Å². The molecule has 0 saturated heterocycles. The van der Waals surface area contributed by atoms with E-state index in [1.165, 1.54) is 0 Å². The number of carbonyl (C=O) groups excluding carboxylic acids is 1. The summed E-state index contributed by atoms with van der Waals surface area (Å²) in [6.45, 7) is 2.99. The Bertz CT molecular complexity index is 658. The van der Waals surface area contributed by atoms with Crippen molar-refractivity contribution in [1.29, 1.82) is 0 Å². The fraction of sp³-hybridized carbons (Fsp3) is 0.188. The van der Waals surface area contributed by atoms with E-state index in [2.05, 4.69) is 0 Å². The van der Waals surface area contributed by atoms with E-state index < -0.39 is 0 Å². The first-order chi connectivity index (χ1) is 10.0. The molecule has 5 heteroatoms. The first-order valence-electron chi connectivity index (χ1n) is 6.70. The topological polar surface area (TPSA) is 72.3 Å². The lowest BCUT2D eigenvalue weighted by molar-refractivity contribution is 0.0753. The van der Waals surface area contributed by atoms with Crippen LogP contribution in [-0.2, 0) is 6.54 Å². The van der Waals surface area contributed by atoms with Crippen molar-refractivity contribution in [3.05, 3.63) is 58.6 Å². The van der Waals surface area contributed by atoms with Gasteiger partial charge in [0.15, 0.2) is 0 Å². The van der Waals surface area contributed by atoms with Crippen LogP contribution >= 0.6 is 11.6 Å². The van der Waals surface area contributed by atoms with E-state index in [0.717, 1.165) is 5.56 Å². The first-order valence-corrected chi connectivity index (χ1v) is 7.07. The summed E-state index contributed by atoms with van der Waals surface area (Å²) in [5.41, 5.74) is 13.9. The fourth-order valence-corrected chi connectivity index (χ4v) is 2.34. The number of nitrogens with two attached hydrogens (primary N) is 2. The lowest BCUT2D eigenvalue weighted by Gasteiger charge is -2.22. The number of benzene rings is 2. The molecule has 0 aromatic heterocycles. The van der Waals surface area contributed by atoms with Crippen molar-refractivity contribution in [2.45, 2.75) is 13.5 Å². The molecule has 2 aromatic carbocycles. The minimum absolute atomic E-state index is 0.116. The van der Waals surface area contributed by atoms with Crippen molar-refractivity contribution in [2.75, 3.05) is 18.0 Å². The third-order valence-electron chi connectivity index (χ3n) is 3.24. The Morgan fingerprint density at radius 2 is 1.95 bits per heavy atom. The SMILES string of the molecule is CCN(Cc1cccc(Cl)c1)C(=O)c1ccc(N)cc1N. The normalized spacial score (nSPS) is 10.4. The second-order valence-corrected chi connectivity index (χ2v) is 5.23. The molecule has 0 saturated carbocycles. The zero-order chi connectivity index (χ0) is 15.4. The second kappa shape index (κ2) is 6.50. The summed E-state index contributed by atoms with van der Waals surface area (Å²) in [5, 5.41) is 0.656. The van der Waals surface area contributed by atoms with Gasteiger partial charge in [-0.1, -0.05) is 23.7 Å². The number of rotatable bonds is 4. The van der Waals surface area contributed by atoms with E-state index in [1.807, 2.05) is 25.1 Å². The molecular formula is C16H18ClN3O. The summed E-state index contributed by atoms with van der Waals surface area (Å²) in [7, 11) is 0. The van der Waals surface area contributed by atoms with Crippen molar-refractivity contribution in [3.63, 3.8) is 0 Å². The van der Waals surface area contributed by atoms with Crippen LogP contribution in [-0.4, -0.2) is 17.4 Å². The Morgan fingerprint density at radius 1 is 1.19 bits per heavy atom. The highest BCUT2D eigenvalue weighted by Crippen LogP contribution is 2.19. The average Bonchev–Trinajstić information content (AvgIpc) is 2.44. The summed E-state index contributed by atoms with van der Waals surface area (Å²) in [6.07, 6.45) is 0. The summed E-state index contributed by atoms with van der Waals surface area (Å²) in [6, 6.07) is 12.4. The molecule has 0 heterocycles. The van der Waals surface area contributed by atoms with Crippen LogP contribution in [0.3, 0.4) is 0 Å². The monoisotopic (exact) mass is 303 g/mol. The van der Waals surface area contributed by atoms with Gasteiger partial charge >= 0.3 is 0 Å². The number of nitrogen functional groups attached to an aromatic ring is 2. The number of anilines is 2. The zero-order valence-corrected chi connectivity index (χ0v) is 12.6. The Morgan fingerprint density at radius 3 is 2.57 bits per heavy atom. The van der Waals surface area contributed by atoms with Gasteiger partial charge in [0, 0.05) is 29.5 Å². The molecule has 0 aliphatic rings. The number of hydrogen-bond acceptors (Lipinski definition) is 3. The predicted octanol–water partition coefficient (Wildman–Crippen LogP) is 3.17. The van der Waals surface area contributed by atoms with Crippen LogP contribution < -0.4 is 11.5 Å². The van der Waals surface area contributed by atoms with E-state index in [9.17, 15) is 4.79 Å². The van der Waals surface area contributed by atoms with E-state index in [0.29, 0.717) is 35.1 Å². The van der Waals surface area contributed by atoms with Crippen LogP contribution in [0.2, 0.25) is 5.02 Å². The van der Waals surface area contributed by atoms with Gasteiger partial charge in [-0.2, -0.15) is 0 Å². The third-order valence-corrected chi connectivity index (χ3v) is 3.47. The number of halogens is 1. The first kappa shape index (κ1) is 15.2. The maximum Gasteiger partial charge on any atom is 0.256 e. The molecule has 0 aliphatic heterocycles. The molecule has 0 atom stereocenters. The zero-order valence-electron chi connectivity index (χ0n) is 11.8. The van der Waals surface area contributed by atoms with Gasteiger partial charge in [-0.15, -0.1) is 0 Å². The van der Waals surface area contributed by atoms with Crippen LogP contribution in [0.5, 0.6) is 0 Å². The molecule has 2 rings (SSSR count). The van der Waals surface area contributed by atoms with Gasteiger partial charge in [-0.3, -0.25) is 4.79 Å². The van der Waals surface area contributed by atoms with Crippen molar-refractivity contribution in [1.82, 2.24) is 4.90 Å². The van der Waals surface area contributed by atoms with Gasteiger partial charge in [0.05, 0.1) is 5.56 Å². The van der Waals surface area contributed by atoms with E-state index >= 15 is 0 Å². The quantitative estimate of drug-likeness (QED) is 0.852. The molecular weight excluding hydrogens is 286 g/mol. The number of carbonyl (C=O) groups is 1. The molecule has 4 nitrogen and oxygen atoms in total. The highest BCUT2D eigenvalue weighted by Gasteiger charge is 2.17. The molecule has 0 radical (unpaired) electrons. The molecule has 1 amide bonds. The Kier molecular flexibility index (Phi) is 4.70. The maximum atomic E-state index is 12.6. The summed E-state index contributed by atoms with van der Waals surface area (Å²) < 4.78 is 0. The van der Waals surface area contributed by atoms with Gasteiger partial charge in [-0.05, 0) is 42.8 Å². The second-order valence-electron chi connectivity index (χ2n) is 4.80. The van der Waals surface area contributed by atoms with Gasteiger partial charge in [0.2, 0.25) is 0 Å². The van der Waals surface area contributed by atoms with Crippen molar-refractivity contribution in [3.8, 4) is 0 Å².